The van der Waals surface area contributed by atoms with Crippen LogP contribution in [0.4, 0.5) is 0 Å². The minimum Gasteiger partial charge on any atom is -0.309 e. The fraction of sp³-hybridized carbons (Fsp3) is 0.0164. The van der Waals surface area contributed by atoms with E-state index in [-0.39, 0.29) is 0 Å². The van der Waals surface area contributed by atoms with Crippen molar-refractivity contribution in [3.63, 3.8) is 0 Å². The molecule has 0 saturated carbocycles. The lowest BCUT2D eigenvalue weighted by atomic mass is 9.67. The van der Waals surface area contributed by atoms with Gasteiger partial charge in [0.15, 0.2) is 0 Å². The van der Waals surface area contributed by atoms with Gasteiger partial charge in [0.05, 0.1) is 27.5 Å². The smallest absolute Gasteiger partial charge is 0.0734 e. The molecule has 0 fully saturated rings. The van der Waals surface area contributed by atoms with Crippen LogP contribution in [-0.4, -0.2) is 9.13 Å². The summed E-state index contributed by atoms with van der Waals surface area (Å²) in [5.74, 6) is 0. The van der Waals surface area contributed by atoms with Gasteiger partial charge in [-0.15, -0.1) is 0 Å². The molecule has 0 unspecified atom stereocenters. The molecule has 2 aromatic heterocycles. The van der Waals surface area contributed by atoms with Gasteiger partial charge in [-0.05, 0) is 105 Å². The van der Waals surface area contributed by atoms with Gasteiger partial charge in [-0.2, -0.15) is 0 Å². The van der Waals surface area contributed by atoms with Crippen molar-refractivity contribution in [2.24, 2.45) is 0 Å². The monoisotopic (exact) mass is 800 g/mol. The van der Waals surface area contributed by atoms with Crippen molar-refractivity contribution in [3.05, 3.63) is 265 Å². The first-order valence-electron chi connectivity index (χ1n) is 21.8. The summed E-state index contributed by atoms with van der Waals surface area (Å²) in [5.41, 5.74) is 19.2. The second-order valence-electron chi connectivity index (χ2n) is 16.8. The molecule has 2 nitrogen and oxygen atoms in total. The maximum absolute atomic E-state index is 2.53. The Hall–Kier alpha value is -8.20. The molecule has 0 radical (unpaired) electrons. The topological polar surface area (TPSA) is 9.86 Å². The highest BCUT2D eigenvalue weighted by Crippen LogP contribution is 2.59. The van der Waals surface area contributed by atoms with Crippen LogP contribution in [0.15, 0.2) is 243 Å². The zero-order valence-electron chi connectivity index (χ0n) is 34.5. The summed E-state index contributed by atoms with van der Waals surface area (Å²) in [7, 11) is 0. The lowest BCUT2D eigenvalue weighted by Gasteiger charge is -2.34. The summed E-state index contributed by atoms with van der Waals surface area (Å²) in [4.78, 5) is 0. The van der Waals surface area contributed by atoms with E-state index in [0.29, 0.717) is 0 Å². The SMILES string of the molecule is c1ccc(-c2ccc(-n3c4ccccc4c4cc(-c5ccc6c(c5)c5ccc7c(c5n6-c5ccccc5)C(c5ccccc5)(c5ccccc5)c5ccccc5-7)ccc43)cc2)cc1. The average Bonchev–Trinajstić information content (AvgIpc) is 3.99. The maximum Gasteiger partial charge on any atom is 0.0734 e. The Bertz CT molecular complexity index is 3650. The molecular weight excluding hydrogens is 761 g/mol. The van der Waals surface area contributed by atoms with Gasteiger partial charge in [0.25, 0.3) is 0 Å². The fourth-order valence-electron chi connectivity index (χ4n) is 10.9. The molecule has 1 aliphatic carbocycles. The summed E-state index contributed by atoms with van der Waals surface area (Å²) < 4.78 is 4.93. The van der Waals surface area contributed by atoms with Gasteiger partial charge in [-0.1, -0.05) is 188 Å². The first kappa shape index (κ1) is 35.5. The Kier molecular flexibility index (Phi) is 7.85. The van der Waals surface area contributed by atoms with E-state index in [1.54, 1.807) is 0 Å². The quantitative estimate of drug-likeness (QED) is 0.159. The molecule has 63 heavy (non-hydrogen) atoms. The molecule has 2 heteroatoms. The fourth-order valence-corrected chi connectivity index (χ4v) is 10.9. The minimum atomic E-state index is -0.543. The Morgan fingerprint density at radius 2 is 0.778 bits per heavy atom. The van der Waals surface area contributed by atoms with Crippen LogP contribution in [0.3, 0.4) is 0 Å². The molecule has 0 atom stereocenters. The second-order valence-corrected chi connectivity index (χ2v) is 16.8. The molecule has 294 valence electrons. The maximum atomic E-state index is 2.53. The number of fused-ring (bicyclic) bond motifs is 10. The first-order valence-corrected chi connectivity index (χ1v) is 21.8. The van der Waals surface area contributed by atoms with Gasteiger partial charge < -0.3 is 9.13 Å². The van der Waals surface area contributed by atoms with Gasteiger partial charge >= 0.3 is 0 Å². The van der Waals surface area contributed by atoms with Crippen LogP contribution >= 0.6 is 0 Å². The van der Waals surface area contributed by atoms with Crippen molar-refractivity contribution in [1.29, 1.82) is 0 Å². The van der Waals surface area contributed by atoms with Crippen LogP contribution in [0.5, 0.6) is 0 Å². The molecular formula is C61H40N2. The molecule has 2 heterocycles. The lowest BCUT2D eigenvalue weighted by Crippen LogP contribution is -2.29. The van der Waals surface area contributed by atoms with E-state index in [4.69, 9.17) is 0 Å². The average molecular weight is 801 g/mol. The summed E-state index contributed by atoms with van der Waals surface area (Å²) >= 11 is 0. The normalized spacial score (nSPS) is 12.9. The van der Waals surface area contributed by atoms with Crippen LogP contribution in [-0.2, 0) is 5.41 Å². The van der Waals surface area contributed by atoms with Gasteiger partial charge in [0, 0.05) is 38.5 Å². The minimum absolute atomic E-state index is 0.543. The first-order chi connectivity index (χ1) is 31.3. The van der Waals surface area contributed by atoms with Crippen LogP contribution in [0.2, 0.25) is 0 Å². The number of hydrogen-bond donors (Lipinski definition) is 0. The number of aromatic nitrogens is 2. The van der Waals surface area contributed by atoms with Crippen LogP contribution < -0.4 is 0 Å². The summed E-state index contributed by atoms with van der Waals surface area (Å²) in [6, 6.07) is 89.5. The summed E-state index contributed by atoms with van der Waals surface area (Å²) in [5, 5.41) is 4.97. The predicted molar refractivity (Wildman–Crippen MR) is 263 cm³/mol. The van der Waals surface area contributed by atoms with E-state index in [1.807, 2.05) is 0 Å². The lowest BCUT2D eigenvalue weighted by molar-refractivity contribution is 0.772. The van der Waals surface area contributed by atoms with E-state index in [1.165, 1.54) is 99.2 Å². The molecule has 0 bridgehead atoms. The van der Waals surface area contributed by atoms with E-state index in [2.05, 4.69) is 252 Å². The van der Waals surface area contributed by atoms with E-state index in [9.17, 15) is 0 Å². The zero-order chi connectivity index (χ0) is 41.5. The van der Waals surface area contributed by atoms with Crippen molar-refractivity contribution < 1.29 is 0 Å². The number of nitrogens with zero attached hydrogens (tertiary/aromatic N) is 2. The van der Waals surface area contributed by atoms with Crippen LogP contribution in [0, 0.1) is 0 Å². The molecule has 0 N–H and O–H groups in total. The zero-order valence-corrected chi connectivity index (χ0v) is 34.5. The Morgan fingerprint density at radius 1 is 0.286 bits per heavy atom. The predicted octanol–water partition coefficient (Wildman–Crippen LogP) is 15.6. The highest BCUT2D eigenvalue weighted by Gasteiger charge is 2.48. The van der Waals surface area contributed by atoms with Gasteiger partial charge in [-0.3, -0.25) is 0 Å². The highest BCUT2D eigenvalue weighted by atomic mass is 15.0. The van der Waals surface area contributed by atoms with Crippen molar-refractivity contribution in [3.8, 4) is 44.8 Å². The van der Waals surface area contributed by atoms with Gasteiger partial charge in [-0.25, -0.2) is 0 Å². The Balaban J connectivity index is 1.05. The van der Waals surface area contributed by atoms with E-state index < -0.39 is 5.41 Å². The molecule has 12 aromatic rings. The summed E-state index contributed by atoms with van der Waals surface area (Å²) in [6.07, 6.45) is 0. The van der Waals surface area contributed by atoms with Crippen LogP contribution in [0.25, 0.3) is 88.4 Å². The van der Waals surface area contributed by atoms with Crippen molar-refractivity contribution >= 4 is 43.6 Å². The third kappa shape index (κ3) is 5.19. The Morgan fingerprint density at radius 3 is 1.46 bits per heavy atom. The molecule has 13 rings (SSSR count). The summed E-state index contributed by atoms with van der Waals surface area (Å²) in [6.45, 7) is 0. The van der Waals surface area contributed by atoms with Crippen molar-refractivity contribution in [2.75, 3.05) is 0 Å². The highest BCUT2D eigenvalue weighted by molar-refractivity contribution is 6.15. The number of benzene rings is 10. The molecule has 0 spiro atoms. The van der Waals surface area contributed by atoms with Gasteiger partial charge in [0.1, 0.15) is 0 Å². The van der Waals surface area contributed by atoms with Gasteiger partial charge in [0.2, 0.25) is 0 Å². The van der Waals surface area contributed by atoms with E-state index in [0.717, 1.165) is 11.4 Å². The second kappa shape index (κ2) is 13.9. The number of para-hydroxylation sites is 2. The molecule has 0 saturated heterocycles. The van der Waals surface area contributed by atoms with Crippen LogP contribution in [0.1, 0.15) is 22.3 Å². The number of hydrogen-bond acceptors (Lipinski definition) is 0. The largest absolute Gasteiger partial charge is 0.309 e. The van der Waals surface area contributed by atoms with Crippen molar-refractivity contribution in [1.82, 2.24) is 9.13 Å². The molecule has 0 aliphatic heterocycles. The third-order valence-corrected chi connectivity index (χ3v) is 13.6. The third-order valence-electron chi connectivity index (χ3n) is 13.6. The van der Waals surface area contributed by atoms with Crippen molar-refractivity contribution in [2.45, 2.75) is 5.41 Å². The Labute approximate surface area is 366 Å². The van der Waals surface area contributed by atoms with E-state index >= 15 is 0 Å². The molecule has 0 amide bonds. The standard InChI is InChI=1S/C61H40N2/c1-5-17-41(18-6-1)42-29-33-48(34-30-42)62-56-28-16-14-26-50(56)53-39-43(31-37-57(53)62)44-32-38-58-54(40-44)52-36-35-51-49-25-13-15-27-55(49)61(45-19-7-2-8-20-45,46-21-9-3-10-22-46)59(51)60(52)63(58)47-23-11-4-12-24-47/h1-40H. The molecule has 1 aliphatic rings. The number of rotatable bonds is 6. The molecule has 10 aromatic carbocycles.